The molecule has 0 spiro atoms. The molecule has 1 aliphatic heterocycles. The van der Waals surface area contributed by atoms with E-state index in [0.717, 1.165) is 23.4 Å². The summed E-state index contributed by atoms with van der Waals surface area (Å²) in [7, 11) is 0. The number of benzene rings is 2. The van der Waals surface area contributed by atoms with E-state index in [1.54, 1.807) is 24.3 Å². The van der Waals surface area contributed by atoms with E-state index < -0.39 is 17.9 Å². The number of anilines is 2. The second-order valence-corrected chi connectivity index (χ2v) is 6.12. The molecule has 1 unspecified atom stereocenters. The van der Waals surface area contributed by atoms with Crippen LogP contribution < -0.4 is 16.0 Å². The smallest absolute Gasteiger partial charge is 0.248 e. The number of fused-ring (bicyclic) bond motifs is 1. The zero-order valence-corrected chi connectivity index (χ0v) is 14.4. The van der Waals surface area contributed by atoms with Crippen LogP contribution >= 0.6 is 11.6 Å². The Morgan fingerprint density at radius 3 is 2.54 bits per heavy atom. The third-order valence-corrected chi connectivity index (χ3v) is 4.18. The highest BCUT2D eigenvalue weighted by molar-refractivity contribution is 6.33. The highest BCUT2D eigenvalue weighted by Gasteiger charge is 2.26. The molecule has 0 saturated carbocycles. The third-order valence-electron chi connectivity index (χ3n) is 3.85. The molecule has 3 amide bonds. The predicted octanol–water partition coefficient (Wildman–Crippen LogP) is 2.51. The summed E-state index contributed by atoms with van der Waals surface area (Å²) in [5, 5.41) is 8.32. The van der Waals surface area contributed by atoms with E-state index in [9.17, 15) is 14.4 Å². The summed E-state index contributed by atoms with van der Waals surface area (Å²) in [5.41, 5.74) is 2.14. The van der Waals surface area contributed by atoms with Gasteiger partial charge >= 0.3 is 0 Å². The van der Waals surface area contributed by atoms with Crippen molar-refractivity contribution in [1.29, 1.82) is 0 Å². The highest BCUT2D eigenvalue weighted by Crippen LogP contribution is 2.22. The number of para-hydroxylation sites is 2. The lowest BCUT2D eigenvalue weighted by atomic mass is 9.99. The third kappa shape index (κ3) is 4.29. The summed E-state index contributed by atoms with van der Waals surface area (Å²) in [5.74, 6) is -1.31. The summed E-state index contributed by atoms with van der Waals surface area (Å²) in [4.78, 5) is 35.9. The van der Waals surface area contributed by atoms with Crippen molar-refractivity contribution in [2.24, 2.45) is 0 Å². The summed E-state index contributed by atoms with van der Waals surface area (Å²) < 4.78 is 0. The quantitative estimate of drug-likeness (QED) is 0.724. The second kappa shape index (κ2) is 7.84. The summed E-state index contributed by atoms with van der Waals surface area (Å²) in [6.45, 7) is 0. The van der Waals surface area contributed by atoms with Crippen molar-refractivity contribution in [3.05, 3.63) is 71.3 Å². The Kier molecular flexibility index (Phi) is 5.34. The van der Waals surface area contributed by atoms with Crippen molar-refractivity contribution < 1.29 is 14.4 Å². The molecule has 0 saturated heterocycles. The van der Waals surface area contributed by atoms with Gasteiger partial charge < -0.3 is 16.0 Å². The maximum Gasteiger partial charge on any atom is 0.248 e. The molecule has 0 aromatic heterocycles. The molecule has 6 nitrogen and oxygen atoms in total. The van der Waals surface area contributed by atoms with Gasteiger partial charge in [0.05, 0.1) is 10.7 Å². The fourth-order valence-corrected chi connectivity index (χ4v) is 2.76. The minimum atomic E-state index is -0.686. The number of amides is 3. The Bertz CT molecular complexity index is 895. The van der Waals surface area contributed by atoms with Crippen molar-refractivity contribution in [1.82, 2.24) is 5.32 Å². The van der Waals surface area contributed by atoms with Crippen molar-refractivity contribution in [2.45, 2.75) is 12.5 Å². The van der Waals surface area contributed by atoms with Gasteiger partial charge in [0.2, 0.25) is 17.7 Å². The minimum absolute atomic E-state index is 0.286. The molecule has 0 aliphatic carbocycles. The zero-order chi connectivity index (χ0) is 18.5. The first-order chi connectivity index (χ1) is 12.5. The van der Waals surface area contributed by atoms with Gasteiger partial charge in [-0.15, -0.1) is 0 Å². The molecule has 7 heteroatoms. The number of hydrogen-bond acceptors (Lipinski definition) is 3. The fourth-order valence-electron chi connectivity index (χ4n) is 2.58. The lowest BCUT2D eigenvalue weighted by Crippen LogP contribution is -2.47. The van der Waals surface area contributed by atoms with Crippen molar-refractivity contribution >= 4 is 40.7 Å². The van der Waals surface area contributed by atoms with Crippen molar-refractivity contribution in [3.63, 3.8) is 0 Å². The normalized spacial score (nSPS) is 15.9. The van der Waals surface area contributed by atoms with Crippen LogP contribution in [-0.4, -0.2) is 23.8 Å². The number of halogens is 1. The molecule has 2 aromatic rings. The first-order valence-corrected chi connectivity index (χ1v) is 8.33. The van der Waals surface area contributed by atoms with Crippen LogP contribution in [0.1, 0.15) is 5.56 Å². The average molecular weight is 370 g/mol. The number of rotatable bonds is 4. The largest absolute Gasteiger partial charge is 0.340 e. The monoisotopic (exact) mass is 369 g/mol. The average Bonchev–Trinajstić information content (AvgIpc) is 2.62. The molecular formula is C19H16ClN3O3. The van der Waals surface area contributed by atoms with E-state index in [1.807, 2.05) is 24.3 Å². The van der Waals surface area contributed by atoms with Crippen LogP contribution in [0.5, 0.6) is 0 Å². The maximum absolute atomic E-state index is 12.1. The van der Waals surface area contributed by atoms with E-state index in [-0.39, 0.29) is 5.91 Å². The van der Waals surface area contributed by atoms with Crippen LogP contribution in [-0.2, 0) is 20.8 Å². The molecule has 132 valence electrons. The van der Waals surface area contributed by atoms with Gasteiger partial charge in [0.15, 0.2) is 0 Å². The number of carbonyl (C=O) groups is 3. The Hall–Kier alpha value is -3.12. The molecule has 0 radical (unpaired) electrons. The first-order valence-electron chi connectivity index (χ1n) is 7.96. The first kappa shape index (κ1) is 17.7. The van der Waals surface area contributed by atoms with Gasteiger partial charge in [-0.1, -0.05) is 41.9 Å². The second-order valence-electron chi connectivity index (χ2n) is 5.71. The lowest BCUT2D eigenvalue weighted by molar-refractivity contribution is -0.124. The van der Waals surface area contributed by atoms with Gasteiger partial charge in [0.1, 0.15) is 6.04 Å². The van der Waals surface area contributed by atoms with Crippen LogP contribution in [0.25, 0.3) is 0 Å². The Morgan fingerprint density at radius 1 is 1.04 bits per heavy atom. The molecule has 1 heterocycles. The van der Waals surface area contributed by atoms with Gasteiger partial charge in [-0.3, -0.25) is 14.4 Å². The molecule has 0 bridgehead atoms. The van der Waals surface area contributed by atoms with Gasteiger partial charge in [-0.25, -0.2) is 0 Å². The van der Waals surface area contributed by atoms with Gasteiger partial charge in [0.25, 0.3) is 0 Å². The Labute approximate surface area is 155 Å². The summed E-state index contributed by atoms with van der Waals surface area (Å²) in [6.07, 6.45) is 2.57. The van der Waals surface area contributed by atoms with Crippen LogP contribution in [0.4, 0.5) is 11.4 Å². The molecule has 1 aliphatic rings. The standard InChI is InChI=1S/C19H16ClN3O3/c20-13-6-2-4-8-15(13)21-17(24)9-10-18(25)22-16-11-12-5-1-3-7-14(12)23-19(16)26/h1-10,16H,11H2,(H,21,24)(H,22,25)(H,23,26)/b10-9+. The number of hydrogen-bond donors (Lipinski definition) is 3. The van der Waals surface area contributed by atoms with E-state index in [4.69, 9.17) is 11.6 Å². The van der Waals surface area contributed by atoms with Crippen molar-refractivity contribution in [3.8, 4) is 0 Å². The van der Waals surface area contributed by atoms with Crippen LogP contribution in [0, 0.1) is 0 Å². The molecular weight excluding hydrogens is 354 g/mol. The summed E-state index contributed by atoms with van der Waals surface area (Å²) in [6, 6.07) is 13.5. The molecule has 0 fully saturated rings. The Morgan fingerprint density at radius 2 is 1.73 bits per heavy atom. The lowest BCUT2D eigenvalue weighted by Gasteiger charge is -2.24. The summed E-state index contributed by atoms with van der Waals surface area (Å²) >= 11 is 5.95. The highest BCUT2D eigenvalue weighted by atomic mass is 35.5. The number of carbonyl (C=O) groups excluding carboxylic acids is 3. The topological polar surface area (TPSA) is 87.3 Å². The molecule has 2 aromatic carbocycles. The van der Waals surface area contributed by atoms with Crippen molar-refractivity contribution in [2.75, 3.05) is 10.6 Å². The van der Waals surface area contributed by atoms with Crippen LogP contribution in [0.3, 0.4) is 0 Å². The predicted molar refractivity (Wildman–Crippen MR) is 99.9 cm³/mol. The van der Waals surface area contributed by atoms with E-state index in [2.05, 4.69) is 16.0 Å². The van der Waals surface area contributed by atoms with E-state index in [1.165, 1.54) is 0 Å². The van der Waals surface area contributed by atoms with Crippen LogP contribution in [0.15, 0.2) is 60.7 Å². The van der Waals surface area contributed by atoms with E-state index in [0.29, 0.717) is 17.1 Å². The van der Waals surface area contributed by atoms with Gasteiger partial charge in [-0.2, -0.15) is 0 Å². The molecule has 1 atom stereocenters. The van der Waals surface area contributed by atoms with Gasteiger partial charge in [0, 0.05) is 24.3 Å². The maximum atomic E-state index is 12.1. The Balaban J connectivity index is 1.57. The van der Waals surface area contributed by atoms with Gasteiger partial charge in [-0.05, 0) is 23.8 Å². The fraction of sp³-hybridized carbons (Fsp3) is 0.105. The van der Waals surface area contributed by atoms with E-state index >= 15 is 0 Å². The zero-order valence-electron chi connectivity index (χ0n) is 13.7. The van der Waals surface area contributed by atoms with Crippen LogP contribution in [0.2, 0.25) is 5.02 Å². The number of nitrogens with one attached hydrogen (secondary N) is 3. The minimum Gasteiger partial charge on any atom is -0.340 e. The molecule has 3 rings (SSSR count). The molecule has 26 heavy (non-hydrogen) atoms. The molecule has 3 N–H and O–H groups in total. The SMILES string of the molecule is O=C(/C=C/C(=O)NC1Cc2ccccc2NC1=O)Nc1ccccc1Cl.